The molecule has 3 rings (SSSR count). The third-order valence-electron chi connectivity index (χ3n) is 5.10. The number of benzene rings is 1. The van der Waals surface area contributed by atoms with Crippen LogP contribution >= 0.6 is 11.3 Å². The number of hydrogen-bond donors (Lipinski definition) is 1. The van der Waals surface area contributed by atoms with Crippen molar-refractivity contribution in [2.75, 3.05) is 19.8 Å². The summed E-state index contributed by atoms with van der Waals surface area (Å²) in [5.41, 5.74) is 10.3. The van der Waals surface area contributed by atoms with E-state index in [0.717, 1.165) is 30.8 Å². The molecule has 0 fully saturated rings. The number of nitrogens with two attached hydrogens (primary N) is 1. The van der Waals surface area contributed by atoms with Crippen LogP contribution in [0.4, 0.5) is 0 Å². The predicted molar refractivity (Wildman–Crippen MR) is 107 cm³/mol. The standard InChI is InChI=1S/C21H30N2O2S/c1-2-3-19(14-22)17-4-5-18-13-20(7-6-16(18)12-17)25-10-9-24-15-21-23-8-11-26-21/h4-5,8,11-12,19-20H,2-3,6-7,9-10,13-15,22H2,1H3. The third kappa shape index (κ3) is 5.36. The fourth-order valence-electron chi connectivity index (χ4n) is 3.66. The number of aromatic nitrogens is 1. The van der Waals surface area contributed by atoms with Gasteiger partial charge in [-0.25, -0.2) is 4.98 Å². The van der Waals surface area contributed by atoms with Crippen LogP contribution in [0, 0.1) is 0 Å². The predicted octanol–water partition coefficient (Wildman–Crippen LogP) is 4.08. The van der Waals surface area contributed by atoms with Crippen molar-refractivity contribution < 1.29 is 9.47 Å². The zero-order valence-corrected chi connectivity index (χ0v) is 16.5. The van der Waals surface area contributed by atoms with Gasteiger partial charge in [0.05, 0.1) is 25.9 Å². The maximum atomic E-state index is 6.03. The van der Waals surface area contributed by atoms with Crippen LogP contribution in [-0.2, 0) is 28.9 Å². The highest BCUT2D eigenvalue weighted by Gasteiger charge is 2.20. The van der Waals surface area contributed by atoms with Crippen molar-refractivity contribution >= 4 is 11.3 Å². The number of rotatable bonds is 10. The van der Waals surface area contributed by atoms with Gasteiger partial charge in [0.15, 0.2) is 0 Å². The van der Waals surface area contributed by atoms with Crippen LogP contribution in [0.5, 0.6) is 0 Å². The van der Waals surface area contributed by atoms with E-state index in [2.05, 4.69) is 30.1 Å². The van der Waals surface area contributed by atoms with Gasteiger partial charge in [0.2, 0.25) is 0 Å². The highest BCUT2D eigenvalue weighted by Crippen LogP contribution is 2.28. The van der Waals surface area contributed by atoms with E-state index < -0.39 is 0 Å². The van der Waals surface area contributed by atoms with Crippen LogP contribution in [0.3, 0.4) is 0 Å². The Hall–Kier alpha value is -1.27. The van der Waals surface area contributed by atoms with E-state index in [-0.39, 0.29) is 0 Å². The van der Waals surface area contributed by atoms with Crippen molar-refractivity contribution in [1.82, 2.24) is 4.98 Å². The second-order valence-electron chi connectivity index (χ2n) is 6.96. The number of nitrogens with zero attached hydrogens (tertiary/aromatic N) is 1. The van der Waals surface area contributed by atoms with E-state index in [1.165, 1.54) is 29.5 Å². The molecular formula is C21H30N2O2S. The molecule has 2 aromatic rings. The van der Waals surface area contributed by atoms with Crippen molar-refractivity contribution in [2.24, 2.45) is 5.73 Å². The number of aryl methyl sites for hydroxylation is 1. The molecule has 1 aliphatic carbocycles. The van der Waals surface area contributed by atoms with Crippen molar-refractivity contribution in [1.29, 1.82) is 0 Å². The first-order valence-electron chi connectivity index (χ1n) is 9.69. The summed E-state index contributed by atoms with van der Waals surface area (Å²) >= 11 is 1.62. The third-order valence-corrected chi connectivity index (χ3v) is 5.85. The van der Waals surface area contributed by atoms with Gasteiger partial charge in [-0.05, 0) is 54.8 Å². The quantitative estimate of drug-likeness (QED) is 0.637. The lowest BCUT2D eigenvalue weighted by Crippen LogP contribution is -2.24. The van der Waals surface area contributed by atoms with Crippen molar-refractivity contribution in [3.63, 3.8) is 0 Å². The van der Waals surface area contributed by atoms with Gasteiger partial charge in [0, 0.05) is 11.6 Å². The molecule has 0 spiro atoms. The molecule has 2 N–H and O–H groups in total. The number of hydrogen-bond acceptors (Lipinski definition) is 5. The minimum atomic E-state index is 0.303. The monoisotopic (exact) mass is 374 g/mol. The van der Waals surface area contributed by atoms with E-state index in [4.69, 9.17) is 15.2 Å². The zero-order valence-electron chi connectivity index (χ0n) is 15.7. The van der Waals surface area contributed by atoms with Crippen LogP contribution in [0.15, 0.2) is 29.8 Å². The van der Waals surface area contributed by atoms with Gasteiger partial charge in [-0.15, -0.1) is 11.3 Å². The maximum Gasteiger partial charge on any atom is 0.118 e. The molecule has 1 aliphatic rings. The van der Waals surface area contributed by atoms with Gasteiger partial charge in [0.1, 0.15) is 5.01 Å². The molecule has 0 aliphatic heterocycles. The van der Waals surface area contributed by atoms with E-state index in [1.54, 1.807) is 11.3 Å². The molecule has 26 heavy (non-hydrogen) atoms. The zero-order chi connectivity index (χ0) is 18.2. The molecule has 2 unspecified atom stereocenters. The van der Waals surface area contributed by atoms with Gasteiger partial charge in [-0.3, -0.25) is 0 Å². The average molecular weight is 375 g/mol. The Morgan fingerprint density at radius 1 is 1.31 bits per heavy atom. The molecule has 0 saturated carbocycles. The molecule has 4 nitrogen and oxygen atoms in total. The Kier molecular flexibility index (Phi) is 7.62. The minimum Gasteiger partial charge on any atom is -0.375 e. The van der Waals surface area contributed by atoms with Crippen LogP contribution in [-0.4, -0.2) is 30.8 Å². The fourth-order valence-corrected chi connectivity index (χ4v) is 4.22. The minimum absolute atomic E-state index is 0.303. The number of fused-ring (bicyclic) bond motifs is 1. The van der Waals surface area contributed by atoms with Crippen LogP contribution in [0.25, 0.3) is 0 Å². The largest absolute Gasteiger partial charge is 0.375 e. The van der Waals surface area contributed by atoms with E-state index in [1.807, 2.05) is 11.6 Å². The van der Waals surface area contributed by atoms with Gasteiger partial charge in [0.25, 0.3) is 0 Å². The molecule has 0 amide bonds. The SMILES string of the molecule is CCCC(CN)c1ccc2c(c1)CCC(OCCOCc1nccs1)C2. The highest BCUT2D eigenvalue weighted by atomic mass is 32.1. The highest BCUT2D eigenvalue weighted by molar-refractivity contribution is 7.09. The first-order chi connectivity index (χ1) is 12.8. The Morgan fingerprint density at radius 2 is 2.23 bits per heavy atom. The Morgan fingerprint density at radius 3 is 3.00 bits per heavy atom. The first-order valence-corrected chi connectivity index (χ1v) is 10.6. The molecule has 0 saturated heterocycles. The summed E-state index contributed by atoms with van der Waals surface area (Å²) < 4.78 is 11.7. The molecule has 142 valence electrons. The average Bonchev–Trinajstić information content (AvgIpc) is 3.19. The topological polar surface area (TPSA) is 57.4 Å². The molecule has 1 aromatic heterocycles. The molecule has 0 radical (unpaired) electrons. The Labute approximate surface area is 160 Å². The van der Waals surface area contributed by atoms with Crippen molar-refractivity contribution in [3.8, 4) is 0 Å². The lowest BCUT2D eigenvalue weighted by molar-refractivity contribution is -0.00461. The summed E-state index contributed by atoms with van der Waals surface area (Å²) in [6.07, 6.45) is 7.65. The van der Waals surface area contributed by atoms with Crippen LogP contribution in [0.1, 0.15) is 53.8 Å². The molecule has 2 atom stereocenters. The Bertz CT molecular complexity index is 660. The molecular weight excluding hydrogens is 344 g/mol. The normalized spacial score (nSPS) is 17.8. The maximum absolute atomic E-state index is 6.03. The molecule has 5 heteroatoms. The summed E-state index contributed by atoms with van der Waals surface area (Å²) in [6.45, 7) is 4.81. The van der Waals surface area contributed by atoms with Gasteiger partial charge in [-0.1, -0.05) is 31.5 Å². The lowest BCUT2D eigenvalue weighted by atomic mass is 9.85. The molecule has 0 bridgehead atoms. The van der Waals surface area contributed by atoms with E-state index >= 15 is 0 Å². The van der Waals surface area contributed by atoms with Crippen LogP contribution < -0.4 is 5.73 Å². The summed E-state index contributed by atoms with van der Waals surface area (Å²) in [5.74, 6) is 0.495. The Balaban J connectivity index is 1.44. The smallest absolute Gasteiger partial charge is 0.118 e. The first kappa shape index (κ1) is 19.5. The fraction of sp³-hybridized carbons (Fsp3) is 0.571. The van der Waals surface area contributed by atoms with Gasteiger partial charge in [-0.2, -0.15) is 0 Å². The van der Waals surface area contributed by atoms with Crippen LogP contribution in [0.2, 0.25) is 0 Å². The second kappa shape index (κ2) is 10.2. The second-order valence-corrected chi connectivity index (χ2v) is 7.94. The van der Waals surface area contributed by atoms with E-state index in [9.17, 15) is 0 Å². The van der Waals surface area contributed by atoms with E-state index in [0.29, 0.717) is 31.8 Å². The summed E-state index contributed by atoms with van der Waals surface area (Å²) in [5, 5.41) is 2.99. The number of ether oxygens (including phenoxy) is 2. The summed E-state index contributed by atoms with van der Waals surface area (Å²) in [7, 11) is 0. The van der Waals surface area contributed by atoms with Crippen molar-refractivity contribution in [3.05, 3.63) is 51.5 Å². The number of thiazole rings is 1. The molecule has 1 aromatic carbocycles. The molecule has 1 heterocycles. The summed E-state index contributed by atoms with van der Waals surface area (Å²) in [4.78, 5) is 4.21. The van der Waals surface area contributed by atoms with Gasteiger partial charge >= 0.3 is 0 Å². The summed E-state index contributed by atoms with van der Waals surface area (Å²) in [6, 6.07) is 6.94. The van der Waals surface area contributed by atoms with Crippen molar-refractivity contribution in [2.45, 2.75) is 57.7 Å². The van der Waals surface area contributed by atoms with Gasteiger partial charge < -0.3 is 15.2 Å². The lowest BCUT2D eigenvalue weighted by Gasteiger charge is -2.26.